The largest absolute Gasteiger partial charge is 0.452 e. The highest BCUT2D eigenvalue weighted by molar-refractivity contribution is 5.91. The second kappa shape index (κ2) is 9.50. The molecular formula is C19H20F2N2O3. The number of hydrogen-bond acceptors (Lipinski definition) is 4. The number of amides is 1. The average Bonchev–Trinajstić information content (AvgIpc) is 2.63. The molecule has 138 valence electrons. The van der Waals surface area contributed by atoms with Crippen molar-refractivity contribution >= 4 is 17.6 Å². The van der Waals surface area contributed by atoms with Crippen LogP contribution in [0.3, 0.4) is 0 Å². The molecule has 2 aromatic carbocycles. The first-order chi connectivity index (χ1) is 12.5. The first-order valence-electron chi connectivity index (χ1n) is 8.12. The minimum absolute atomic E-state index is 0.278. The van der Waals surface area contributed by atoms with Crippen LogP contribution in [0.1, 0.15) is 16.8 Å². The summed E-state index contributed by atoms with van der Waals surface area (Å²) < 4.78 is 30.9. The van der Waals surface area contributed by atoms with Gasteiger partial charge in [-0.05, 0) is 30.7 Å². The fourth-order valence-electron chi connectivity index (χ4n) is 2.29. The average molecular weight is 362 g/mol. The lowest BCUT2D eigenvalue weighted by Crippen LogP contribution is -2.31. The van der Waals surface area contributed by atoms with Gasteiger partial charge in [0.25, 0.3) is 5.91 Å². The zero-order chi connectivity index (χ0) is 18.9. The number of esters is 1. The van der Waals surface area contributed by atoms with Crippen molar-refractivity contribution in [3.05, 3.63) is 65.7 Å². The molecule has 2 aromatic rings. The van der Waals surface area contributed by atoms with Crippen molar-refractivity contribution in [2.45, 2.75) is 6.42 Å². The Morgan fingerprint density at radius 2 is 1.73 bits per heavy atom. The van der Waals surface area contributed by atoms with E-state index in [1.807, 2.05) is 37.4 Å². The van der Waals surface area contributed by atoms with E-state index in [1.54, 1.807) is 0 Å². The molecule has 0 aliphatic rings. The quantitative estimate of drug-likeness (QED) is 0.580. The number of anilines is 1. The van der Waals surface area contributed by atoms with Crippen LogP contribution < -0.4 is 10.2 Å². The summed E-state index contributed by atoms with van der Waals surface area (Å²) in [5.41, 5.74) is 0.801. The van der Waals surface area contributed by atoms with E-state index < -0.39 is 30.1 Å². The van der Waals surface area contributed by atoms with Gasteiger partial charge >= 0.3 is 5.97 Å². The molecule has 1 N–H and O–H groups in total. The minimum atomic E-state index is -0.956. The number of nitrogens with one attached hydrogen (secondary N) is 1. The second-order valence-electron chi connectivity index (χ2n) is 5.69. The van der Waals surface area contributed by atoms with Crippen LogP contribution in [-0.2, 0) is 9.53 Å². The third-order valence-electron chi connectivity index (χ3n) is 3.62. The van der Waals surface area contributed by atoms with E-state index in [0.29, 0.717) is 19.0 Å². The summed E-state index contributed by atoms with van der Waals surface area (Å²) in [7, 11) is 1.96. The Balaban J connectivity index is 1.66. The summed E-state index contributed by atoms with van der Waals surface area (Å²) in [5.74, 6) is -3.20. The van der Waals surface area contributed by atoms with E-state index in [4.69, 9.17) is 4.74 Å². The van der Waals surface area contributed by atoms with E-state index in [0.717, 1.165) is 24.4 Å². The number of halogens is 2. The van der Waals surface area contributed by atoms with Crippen molar-refractivity contribution in [3.8, 4) is 0 Å². The SMILES string of the molecule is CN(CCCNC(=O)COC(=O)c1cc(F)cc(F)c1)c1ccccc1. The van der Waals surface area contributed by atoms with Gasteiger partial charge in [0.05, 0.1) is 5.56 Å². The Morgan fingerprint density at radius 1 is 1.08 bits per heavy atom. The maximum Gasteiger partial charge on any atom is 0.338 e. The van der Waals surface area contributed by atoms with Crippen LogP contribution >= 0.6 is 0 Å². The van der Waals surface area contributed by atoms with Crippen LogP contribution in [0.4, 0.5) is 14.5 Å². The Morgan fingerprint density at radius 3 is 2.38 bits per heavy atom. The number of hydrogen-bond donors (Lipinski definition) is 1. The van der Waals surface area contributed by atoms with Crippen LogP contribution in [0, 0.1) is 11.6 Å². The van der Waals surface area contributed by atoms with Gasteiger partial charge in [-0.3, -0.25) is 4.79 Å². The van der Waals surface area contributed by atoms with Crippen molar-refractivity contribution in [1.29, 1.82) is 0 Å². The molecule has 0 unspecified atom stereocenters. The first kappa shape index (κ1) is 19.4. The number of nitrogens with zero attached hydrogens (tertiary/aromatic N) is 1. The molecule has 0 fully saturated rings. The van der Waals surface area contributed by atoms with Crippen LogP contribution in [0.5, 0.6) is 0 Å². The van der Waals surface area contributed by atoms with Crippen LogP contribution in [0.15, 0.2) is 48.5 Å². The van der Waals surface area contributed by atoms with Crippen molar-refractivity contribution in [3.63, 3.8) is 0 Å². The molecule has 0 radical (unpaired) electrons. The van der Waals surface area contributed by atoms with Crippen molar-refractivity contribution in [2.24, 2.45) is 0 Å². The Labute approximate surface area is 150 Å². The topological polar surface area (TPSA) is 58.6 Å². The second-order valence-corrected chi connectivity index (χ2v) is 5.69. The number of carbonyl (C=O) groups excluding carboxylic acids is 2. The van der Waals surface area contributed by atoms with Gasteiger partial charge in [-0.1, -0.05) is 18.2 Å². The van der Waals surface area contributed by atoms with Gasteiger partial charge in [-0.2, -0.15) is 0 Å². The van der Waals surface area contributed by atoms with Crippen LogP contribution in [-0.4, -0.2) is 38.6 Å². The van der Waals surface area contributed by atoms with Gasteiger partial charge in [-0.25, -0.2) is 13.6 Å². The molecule has 0 atom stereocenters. The molecule has 0 aromatic heterocycles. The lowest BCUT2D eigenvalue weighted by Gasteiger charge is -2.19. The molecule has 0 saturated heterocycles. The van der Waals surface area contributed by atoms with Gasteiger partial charge in [-0.15, -0.1) is 0 Å². The first-order valence-corrected chi connectivity index (χ1v) is 8.12. The Bertz CT molecular complexity index is 733. The van der Waals surface area contributed by atoms with E-state index in [1.165, 1.54) is 0 Å². The highest BCUT2D eigenvalue weighted by atomic mass is 19.1. The summed E-state index contributed by atoms with van der Waals surface area (Å²) in [5, 5.41) is 2.63. The smallest absolute Gasteiger partial charge is 0.338 e. The summed E-state index contributed by atoms with van der Waals surface area (Å²) in [6.45, 7) is 0.653. The maximum absolute atomic E-state index is 13.0. The van der Waals surface area contributed by atoms with Crippen molar-refractivity contribution in [2.75, 3.05) is 31.6 Å². The summed E-state index contributed by atoms with van der Waals surface area (Å²) >= 11 is 0. The summed E-state index contributed by atoms with van der Waals surface area (Å²) in [6, 6.07) is 12.2. The van der Waals surface area contributed by atoms with Crippen molar-refractivity contribution in [1.82, 2.24) is 5.32 Å². The number of carbonyl (C=O) groups is 2. The zero-order valence-corrected chi connectivity index (χ0v) is 14.4. The zero-order valence-electron chi connectivity index (χ0n) is 14.4. The highest BCUT2D eigenvalue weighted by Crippen LogP contribution is 2.11. The molecular weight excluding hydrogens is 342 g/mol. The van der Waals surface area contributed by atoms with Gasteiger partial charge < -0.3 is 15.0 Å². The predicted molar refractivity (Wildman–Crippen MR) is 94.0 cm³/mol. The molecule has 0 spiro atoms. The third kappa shape index (κ3) is 6.16. The molecule has 1 amide bonds. The van der Waals surface area contributed by atoms with Crippen LogP contribution in [0.25, 0.3) is 0 Å². The lowest BCUT2D eigenvalue weighted by atomic mass is 10.2. The normalized spacial score (nSPS) is 10.3. The standard InChI is InChI=1S/C19H20F2N2O3/c1-23(17-6-3-2-4-7-17)9-5-8-22-18(24)13-26-19(25)14-10-15(20)12-16(21)11-14/h2-4,6-7,10-12H,5,8-9,13H2,1H3,(H,22,24). The number of ether oxygens (including phenoxy) is 1. The molecule has 26 heavy (non-hydrogen) atoms. The summed E-state index contributed by atoms with van der Waals surface area (Å²) in [6.07, 6.45) is 0.709. The number of para-hydroxylation sites is 1. The molecule has 0 bridgehead atoms. The molecule has 0 heterocycles. The predicted octanol–water partition coefficient (Wildman–Crippen LogP) is 2.76. The third-order valence-corrected chi connectivity index (χ3v) is 3.62. The van der Waals surface area contributed by atoms with E-state index in [9.17, 15) is 18.4 Å². The Kier molecular flexibility index (Phi) is 7.08. The van der Waals surface area contributed by atoms with Gasteiger partial charge in [0.1, 0.15) is 11.6 Å². The fraction of sp³-hybridized carbons (Fsp3) is 0.263. The van der Waals surface area contributed by atoms with Gasteiger partial charge in [0.15, 0.2) is 6.61 Å². The lowest BCUT2D eigenvalue weighted by molar-refractivity contribution is -0.124. The van der Waals surface area contributed by atoms with E-state index >= 15 is 0 Å². The molecule has 7 heteroatoms. The molecule has 0 aliphatic heterocycles. The number of benzene rings is 2. The molecule has 5 nitrogen and oxygen atoms in total. The fourth-order valence-corrected chi connectivity index (χ4v) is 2.29. The van der Waals surface area contributed by atoms with E-state index in [-0.39, 0.29) is 5.56 Å². The number of rotatable bonds is 8. The van der Waals surface area contributed by atoms with Gasteiger partial charge in [0, 0.05) is 31.9 Å². The van der Waals surface area contributed by atoms with Crippen LogP contribution in [0.2, 0.25) is 0 Å². The minimum Gasteiger partial charge on any atom is -0.452 e. The maximum atomic E-state index is 13.0. The summed E-state index contributed by atoms with van der Waals surface area (Å²) in [4.78, 5) is 25.4. The highest BCUT2D eigenvalue weighted by Gasteiger charge is 2.12. The van der Waals surface area contributed by atoms with E-state index in [2.05, 4.69) is 10.2 Å². The van der Waals surface area contributed by atoms with Gasteiger partial charge in [0.2, 0.25) is 0 Å². The van der Waals surface area contributed by atoms with Crippen molar-refractivity contribution < 1.29 is 23.1 Å². The Hall–Kier alpha value is -2.96. The monoisotopic (exact) mass is 362 g/mol. The molecule has 0 saturated carbocycles. The molecule has 0 aliphatic carbocycles. The molecule has 2 rings (SSSR count).